The highest BCUT2D eigenvalue weighted by Gasteiger charge is 2.39. The van der Waals surface area contributed by atoms with E-state index in [2.05, 4.69) is 4.99 Å². The van der Waals surface area contributed by atoms with Crippen molar-refractivity contribution in [2.45, 2.75) is 50.5 Å². The number of aliphatic hydroxyl groups excluding tert-OH is 1. The Hall–Kier alpha value is -1.44. The lowest BCUT2D eigenvalue weighted by molar-refractivity contribution is 0.216. The highest BCUT2D eigenvalue weighted by Crippen LogP contribution is 2.45. The van der Waals surface area contributed by atoms with Gasteiger partial charge in [-0.2, -0.15) is 4.99 Å². The van der Waals surface area contributed by atoms with Crippen LogP contribution in [0.3, 0.4) is 0 Å². The summed E-state index contributed by atoms with van der Waals surface area (Å²) in [5, 5.41) is 9.62. The number of carbonyl (C=O) groups excluding carboxylic acids is 1. The van der Waals surface area contributed by atoms with E-state index in [1.165, 1.54) is 0 Å². The first-order valence-electron chi connectivity index (χ1n) is 6.86. The Bertz CT molecular complexity index is 495. The van der Waals surface area contributed by atoms with Gasteiger partial charge in [0.1, 0.15) is 0 Å². The third-order valence-electron chi connectivity index (χ3n) is 4.24. The second kappa shape index (κ2) is 5.28. The fourth-order valence-electron chi connectivity index (χ4n) is 3.05. The van der Waals surface area contributed by atoms with Crippen molar-refractivity contribution in [1.29, 1.82) is 0 Å². The molecule has 1 aromatic carbocycles. The molecule has 0 spiro atoms. The predicted molar refractivity (Wildman–Crippen MR) is 74.8 cm³/mol. The molecular weight excluding hydrogens is 238 g/mol. The lowest BCUT2D eigenvalue weighted by Gasteiger charge is -2.32. The molecule has 1 N–H and O–H groups in total. The smallest absolute Gasteiger partial charge is 0.235 e. The minimum Gasteiger partial charge on any atom is -0.395 e. The SMILES string of the molecule is CC(C)(CO)c1ccccc1C1(N=C=O)CCCC1. The molecule has 3 heteroatoms. The van der Waals surface area contributed by atoms with Crippen LogP contribution in [0, 0.1) is 0 Å². The van der Waals surface area contributed by atoms with E-state index in [4.69, 9.17) is 0 Å². The topological polar surface area (TPSA) is 49.7 Å². The van der Waals surface area contributed by atoms with Crippen LogP contribution in [0.15, 0.2) is 29.3 Å². The van der Waals surface area contributed by atoms with Crippen LogP contribution in [0.1, 0.15) is 50.7 Å². The minimum absolute atomic E-state index is 0.0743. The maximum atomic E-state index is 10.8. The summed E-state index contributed by atoms with van der Waals surface area (Å²) < 4.78 is 0. The molecule has 0 aliphatic heterocycles. The van der Waals surface area contributed by atoms with E-state index in [-0.39, 0.29) is 12.0 Å². The molecule has 0 amide bonds. The van der Waals surface area contributed by atoms with Gasteiger partial charge in [-0.15, -0.1) is 0 Å². The zero-order valence-electron chi connectivity index (χ0n) is 11.6. The van der Waals surface area contributed by atoms with Crippen molar-refractivity contribution in [3.63, 3.8) is 0 Å². The molecule has 1 aliphatic rings. The predicted octanol–water partition coefficient (Wildman–Crippen LogP) is 3.06. The van der Waals surface area contributed by atoms with Gasteiger partial charge >= 0.3 is 0 Å². The number of aliphatic imine (C=N–C) groups is 1. The van der Waals surface area contributed by atoms with Gasteiger partial charge in [0.2, 0.25) is 6.08 Å². The van der Waals surface area contributed by atoms with E-state index in [1.807, 2.05) is 38.1 Å². The molecule has 19 heavy (non-hydrogen) atoms. The number of aliphatic hydroxyl groups is 1. The zero-order chi connectivity index (χ0) is 13.9. The summed E-state index contributed by atoms with van der Waals surface area (Å²) >= 11 is 0. The molecule has 1 aliphatic carbocycles. The van der Waals surface area contributed by atoms with Crippen LogP contribution in [0.25, 0.3) is 0 Å². The molecule has 0 atom stereocenters. The molecule has 0 heterocycles. The Morgan fingerprint density at radius 1 is 1.32 bits per heavy atom. The van der Waals surface area contributed by atoms with Crippen molar-refractivity contribution in [3.05, 3.63) is 35.4 Å². The minimum atomic E-state index is -0.426. The summed E-state index contributed by atoms with van der Waals surface area (Å²) in [7, 11) is 0. The van der Waals surface area contributed by atoms with E-state index in [0.717, 1.165) is 36.8 Å². The molecule has 1 saturated carbocycles. The fraction of sp³-hybridized carbons (Fsp3) is 0.562. The molecule has 102 valence electrons. The molecule has 0 radical (unpaired) electrons. The molecular formula is C16H21NO2. The van der Waals surface area contributed by atoms with E-state index in [9.17, 15) is 9.90 Å². The largest absolute Gasteiger partial charge is 0.395 e. The molecule has 0 bridgehead atoms. The second-order valence-corrected chi connectivity index (χ2v) is 6.03. The average molecular weight is 259 g/mol. The molecule has 0 saturated heterocycles. The van der Waals surface area contributed by atoms with Gasteiger partial charge in [-0.3, -0.25) is 0 Å². The Labute approximate surface area is 114 Å². The third-order valence-corrected chi connectivity index (χ3v) is 4.24. The van der Waals surface area contributed by atoms with Crippen LogP contribution in [0.5, 0.6) is 0 Å². The Morgan fingerprint density at radius 2 is 1.95 bits per heavy atom. The van der Waals surface area contributed by atoms with Gasteiger partial charge in [-0.05, 0) is 24.0 Å². The Kier molecular flexibility index (Phi) is 3.88. The summed E-state index contributed by atoms with van der Waals surface area (Å²) in [6.07, 6.45) is 5.70. The van der Waals surface area contributed by atoms with Crippen LogP contribution < -0.4 is 0 Å². The maximum Gasteiger partial charge on any atom is 0.235 e. The van der Waals surface area contributed by atoms with Gasteiger partial charge in [0, 0.05) is 5.41 Å². The quantitative estimate of drug-likeness (QED) is 0.667. The number of hydrogen-bond acceptors (Lipinski definition) is 3. The van der Waals surface area contributed by atoms with Crippen molar-refractivity contribution >= 4 is 6.08 Å². The monoisotopic (exact) mass is 259 g/mol. The highest BCUT2D eigenvalue weighted by atomic mass is 16.3. The number of nitrogens with zero attached hydrogens (tertiary/aromatic N) is 1. The van der Waals surface area contributed by atoms with Gasteiger partial charge in [0.15, 0.2) is 0 Å². The van der Waals surface area contributed by atoms with Crippen LogP contribution in [-0.4, -0.2) is 17.8 Å². The zero-order valence-corrected chi connectivity index (χ0v) is 11.6. The van der Waals surface area contributed by atoms with Crippen molar-refractivity contribution < 1.29 is 9.90 Å². The number of benzene rings is 1. The first-order chi connectivity index (χ1) is 9.06. The van der Waals surface area contributed by atoms with Crippen molar-refractivity contribution in [2.75, 3.05) is 6.61 Å². The Morgan fingerprint density at radius 3 is 2.53 bits per heavy atom. The number of isocyanates is 1. The summed E-state index contributed by atoms with van der Waals surface area (Å²) in [5.74, 6) is 0. The Balaban J connectivity index is 2.58. The van der Waals surface area contributed by atoms with Gasteiger partial charge in [-0.1, -0.05) is 51.0 Å². The van der Waals surface area contributed by atoms with Crippen LogP contribution in [0.2, 0.25) is 0 Å². The molecule has 1 fully saturated rings. The molecule has 0 aromatic heterocycles. The standard InChI is InChI=1S/C16H21NO2/c1-15(2,11-18)13-7-3-4-8-14(13)16(17-12-19)9-5-6-10-16/h3-4,7-8,18H,5-6,9-11H2,1-2H3. The molecule has 2 rings (SSSR count). The maximum absolute atomic E-state index is 10.8. The lowest BCUT2D eigenvalue weighted by atomic mass is 9.76. The average Bonchev–Trinajstić information content (AvgIpc) is 2.89. The summed E-state index contributed by atoms with van der Waals surface area (Å²) in [6, 6.07) is 8.03. The van der Waals surface area contributed by atoms with Crippen molar-refractivity contribution in [2.24, 2.45) is 4.99 Å². The van der Waals surface area contributed by atoms with Gasteiger partial charge < -0.3 is 5.11 Å². The van der Waals surface area contributed by atoms with Gasteiger partial charge in [-0.25, -0.2) is 4.79 Å². The van der Waals surface area contributed by atoms with Crippen LogP contribution in [0.4, 0.5) is 0 Å². The third kappa shape index (κ3) is 2.49. The molecule has 0 unspecified atom stereocenters. The van der Waals surface area contributed by atoms with Crippen molar-refractivity contribution in [3.8, 4) is 0 Å². The first kappa shape index (κ1) is 14.0. The van der Waals surface area contributed by atoms with E-state index in [1.54, 1.807) is 6.08 Å². The first-order valence-corrected chi connectivity index (χ1v) is 6.86. The number of rotatable bonds is 4. The molecule has 3 nitrogen and oxygen atoms in total. The van der Waals surface area contributed by atoms with E-state index < -0.39 is 5.54 Å². The van der Waals surface area contributed by atoms with E-state index >= 15 is 0 Å². The van der Waals surface area contributed by atoms with Crippen molar-refractivity contribution in [1.82, 2.24) is 0 Å². The summed E-state index contributed by atoms with van der Waals surface area (Å²) in [4.78, 5) is 15.0. The fourth-order valence-corrected chi connectivity index (χ4v) is 3.05. The number of hydrogen-bond donors (Lipinski definition) is 1. The van der Waals surface area contributed by atoms with Crippen LogP contribution >= 0.6 is 0 Å². The van der Waals surface area contributed by atoms with E-state index in [0.29, 0.717) is 0 Å². The lowest BCUT2D eigenvalue weighted by Crippen LogP contribution is -2.29. The second-order valence-electron chi connectivity index (χ2n) is 6.03. The normalized spacial score (nSPS) is 18.1. The molecule has 1 aromatic rings. The summed E-state index contributed by atoms with van der Waals surface area (Å²) in [5.41, 5.74) is 1.41. The van der Waals surface area contributed by atoms with Crippen LogP contribution in [-0.2, 0) is 15.7 Å². The summed E-state index contributed by atoms with van der Waals surface area (Å²) in [6.45, 7) is 4.10. The highest BCUT2D eigenvalue weighted by molar-refractivity contribution is 5.44. The van der Waals surface area contributed by atoms with Gasteiger partial charge in [0.25, 0.3) is 0 Å². The van der Waals surface area contributed by atoms with Gasteiger partial charge in [0.05, 0.1) is 12.1 Å².